The Morgan fingerprint density at radius 2 is 1.52 bits per heavy atom. The molecule has 0 saturated heterocycles. The molecule has 0 aliphatic rings. The van der Waals surface area contributed by atoms with Crippen molar-refractivity contribution in [3.63, 3.8) is 0 Å². The summed E-state index contributed by atoms with van der Waals surface area (Å²) in [7, 11) is 0. The van der Waals surface area contributed by atoms with Crippen molar-refractivity contribution in [1.82, 2.24) is 0 Å². The van der Waals surface area contributed by atoms with Crippen LogP contribution in [-0.4, -0.2) is 42.9 Å². The summed E-state index contributed by atoms with van der Waals surface area (Å²) >= 11 is 5.21. The molecule has 0 heterocycles. The fraction of sp³-hybridized carbons (Fsp3) is 0.667. The van der Waals surface area contributed by atoms with Crippen molar-refractivity contribution in [2.75, 3.05) is 13.2 Å². The summed E-state index contributed by atoms with van der Waals surface area (Å²) < 4.78 is 77.4. The Morgan fingerprint density at radius 3 is 1.87 bits per heavy atom. The molecule has 11 heteroatoms. The van der Waals surface area contributed by atoms with Crippen molar-refractivity contribution in [3.8, 4) is 0 Å². The van der Waals surface area contributed by atoms with E-state index in [9.17, 15) is 35.9 Å². The second kappa shape index (κ2) is 11.1. The van der Waals surface area contributed by atoms with Crippen LogP contribution < -0.4 is 0 Å². The predicted molar refractivity (Wildman–Crippen MR) is 68.8 cm³/mol. The molecule has 0 bridgehead atoms. The van der Waals surface area contributed by atoms with E-state index in [0.717, 1.165) is 19.9 Å². The first kappa shape index (κ1) is 23.8. The van der Waals surface area contributed by atoms with Crippen molar-refractivity contribution in [2.45, 2.75) is 38.0 Å². The number of alkyl halides is 7. The van der Waals surface area contributed by atoms with Crippen LogP contribution in [-0.2, 0) is 19.1 Å². The molecule has 23 heavy (non-hydrogen) atoms. The van der Waals surface area contributed by atoms with Gasteiger partial charge in [-0.2, -0.15) is 26.3 Å². The van der Waals surface area contributed by atoms with Crippen LogP contribution in [0, 0.1) is 0 Å². The SMILES string of the molecule is CC(=O)OCC(Cl)CC(F)(F)F.CC(=O)OCC=CC(F)(F)F. The van der Waals surface area contributed by atoms with Gasteiger partial charge in [0, 0.05) is 19.9 Å². The average Bonchev–Trinajstić information content (AvgIpc) is 2.29. The minimum Gasteiger partial charge on any atom is -0.464 e. The van der Waals surface area contributed by atoms with Crippen molar-refractivity contribution in [2.24, 2.45) is 0 Å². The lowest BCUT2D eigenvalue weighted by Gasteiger charge is -2.11. The van der Waals surface area contributed by atoms with E-state index < -0.39 is 42.7 Å². The van der Waals surface area contributed by atoms with Gasteiger partial charge in [-0.05, 0) is 6.08 Å². The zero-order valence-corrected chi connectivity index (χ0v) is 12.9. The molecule has 0 spiro atoms. The summed E-state index contributed by atoms with van der Waals surface area (Å²) in [5.74, 6) is -1.24. The van der Waals surface area contributed by atoms with Crippen LogP contribution >= 0.6 is 11.6 Å². The quantitative estimate of drug-likeness (QED) is 0.319. The lowest BCUT2D eigenvalue weighted by Crippen LogP contribution is -2.20. The fourth-order valence-corrected chi connectivity index (χ4v) is 1.10. The highest BCUT2D eigenvalue weighted by Crippen LogP contribution is 2.24. The van der Waals surface area contributed by atoms with E-state index in [4.69, 9.17) is 11.6 Å². The van der Waals surface area contributed by atoms with Crippen LogP contribution in [0.15, 0.2) is 12.2 Å². The maximum Gasteiger partial charge on any atom is 0.409 e. The van der Waals surface area contributed by atoms with Crippen LogP contribution in [0.25, 0.3) is 0 Å². The number of esters is 2. The van der Waals surface area contributed by atoms with Gasteiger partial charge in [0.2, 0.25) is 0 Å². The monoisotopic (exact) mass is 372 g/mol. The second-order valence-corrected chi connectivity index (χ2v) is 4.58. The number of hydrogen-bond acceptors (Lipinski definition) is 4. The molecule has 0 rings (SSSR count). The Labute approximate surface area is 133 Å². The Hall–Kier alpha value is -1.45. The largest absolute Gasteiger partial charge is 0.464 e. The van der Waals surface area contributed by atoms with Crippen LogP contribution in [0.4, 0.5) is 26.3 Å². The van der Waals surface area contributed by atoms with E-state index in [1.165, 1.54) is 0 Å². The number of allylic oxidation sites excluding steroid dienone is 1. The number of halogens is 7. The molecule has 0 aromatic rings. The molecule has 4 nitrogen and oxygen atoms in total. The first-order chi connectivity index (χ1) is 10.2. The summed E-state index contributed by atoms with van der Waals surface area (Å²) in [4.78, 5) is 20.2. The maximum atomic E-state index is 11.6. The summed E-state index contributed by atoms with van der Waals surface area (Å²) in [5, 5.41) is -1.20. The number of ether oxygens (including phenoxy) is 2. The lowest BCUT2D eigenvalue weighted by atomic mass is 10.3. The van der Waals surface area contributed by atoms with Gasteiger partial charge < -0.3 is 9.47 Å². The molecule has 0 aliphatic carbocycles. The van der Waals surface area contributed by atoms with Gasteiger partial charge in [-0.3, -0.25) is 9.59 Å². The molecule has 0 N–H and O–H groups in total. The molecule has 1 atom stereocenters. The third-order valence-corrected chi connectivity index (χ3v) is 1.89. The van der Waals surface area contributed by atoms with Gasteiger partial charge >= 0.3 is 24.3 Å². The zero-order valence-electron chi connectivity index (χ0n) is 12.1. The van der Waals surface area contributed by atoms with E-state index in [1.807, 2.05) is 0 Å². The normalized spacial score (nSPS) is 13.1. The summed E-state index contributed by atoms with van der Waals surface area (Å²) in [6.45, 7) is 1.49. The molecule has 0 saturated carbocycles. The summed E-state index contributed by atoms with van der Waals surface area (Å²) in [6, 6.07) is 0. The third-order valence-electron chi connectivity index (χ3n) is 1.61. The van der Waals surface area contributed by atoms with E-state index >= 15 is 0 Å². The van der Waals surface area contributed by atoms with E-state index in [1.54, 1.807) is 0 Å². The summed E-state index contributed by atoms with van der Waals surface area (Å²) in [6.07, 6.45) is -9.04. The molecule has 136 valence electrons. The molecule has 0 aliphatic heterocycles. The number of rotatable bonds is 5. The van der Waals surface area contributed by atoms with Gasteiger partial charge in [-0.15, -0.1) is 11.6 Å². The van der Waals surface area contributed by atoms with Crippen LogP contribution in [0.3, 0.4) is 0 Å². The van der Waals surface area contributed by atoms with Gasteiger partial charge in [-0.1, -0.05) is 0 Å². The average molecular weight is 373 g/mol. The lowest BCUT2D eigenvalue weighted by molar-refractivity contribution is -0.147. The highest BCUT2D eigenvalue weighted by atomic mass is 35.5. The predicted octanol–water partition coefficient (Wildman–Crippen LogP) is 3.78. The van der Waals surface area contributed by atoms with Crippen molar-refractivity contribution in [3.05, 3.63) is 12.2 Å². The van der Waals surface area contributed by atoms with Gasteiger partial charge in [0.15, 0.2) is 0 Å². The first-order valence-corrected chi connectivity index (χ1v) is 6.38. The van der Waals surface area contributed by atoms with Crippen LogP contribution in [0.1, 0.15) is 20.3 Å². The van der Waals surface area contributed by atoms with E-state index in [0.29, 0.717) is 0 Å². The highest BCUT2D eigenvalue weighted by molar-refractivity contribution is 6.20. The van der Waals surface area contributed by atoms with Crippen LogP contribution in [0.2, 0.25) is 0 Å². The Bertz CT molecular complexity index is 392. The third kappa shape index (κ3) is 25.8. The topological polar surface area (TPSA) is 52.6 Å². The molecule has 0 radical (unpaired) electrons. The Balaban J connectivity index is 0. The smallest absolute Gasteiger partial charge is 0.409 e. The van der Waals surface area contributed by atoms with Crippen molar-refractivity contribution in [1.29, 1.82) is 0 Å². The Morgan fingerprint density at radius 1 is 1.04 bits per heavy atom. The maximum absolute atomic E-state index is 11.6. The van der Waals surface area contributed by atoms with Gasteiger partial charge in [0.05, 0.1) is 11.8 Å². The molecule has 0 aromatic carbocycles. The number of carbonyl (C=O) groups excluding carboxylic acids is 2. The molecule has 0 amide bonds. The van der Waals surface area contributed by atoms with Crippen LogP contribution in [0.5, 0.6) is 0 Å². The van der Waals surface area contributed by atoms with E-state index in [2.05, 4.69) is 9.47 Å². The van der Waals surface area contributed by atoms with Gasteiger partial charge in [0.25, 0.3) is 0 Å². The van der Waals surface area contributed by atoms with Gasteiger partial charge in [0.1, 0.15) is 13.2 Å². The number of hydrogen-bond donors (Lipinski definition) is 0. The zero-order chi connectivity index (χ0) is 18.7. The Kier molecular flexibility index (Phi) is 11.5. The first-order valence-electron chi connectivity index (χ1n) is 5.95. The summed E-state index contributed by atoms with van der Waals surface area (Å²) in [5.41, 5.74) is 0. The fourth-order valence-electron chi connectivity index (χ4n) is 0.865. The standard InChI is InChI=1S/C6H8ClF3O2.C6H7F3O2/c1-4(11)12-3-5(7)2-6(8,9)10;1-5(10)11-4-2-3-6(7,8)9/h5H,2-3H2,1H3;2-3H,4H2,1H3. The second-order valence-electron chi connectivity index (χ2n) is 3.97. The molecule has 0 aromatic heterocycles. The highest BCUT2D eigenvalue weighted by Gasteiger charge is 2.31. The molecule has 1 unspecified atom stereocenters. The molecular formula is C12H15ClF6O4. The van der Waals surface area contributed by atoms with E-state index in [-0.39, 0.29) is 12.7 Å². The number of carbonyl (C=O) groups is 2. The van der Waals surface area contributed by atoms with Crippen molar-refractivity contribution < 1.29 is 45.4 Å². The van der Waals surface area contributed by atoms with Crippen molar-refractivity contribution >= 4 is 23.5 Å². The molecular weight excluding hydrogens is 358 g/mol. The molecule has 0 fully saturated rings. The van der Waals surface area contributed by atoms with Gasteiger partial charge in [-0.25, -0.2) is 0 Å². The minimum atomic E-state index is -4.33. The minimum absolute atomic E-state index is 0.0238.